The van der Waals surface area contributed by atoms with Crippen LogP contribution >= 0.6 is 0 Å². The smallest absolute Gasteiger partial charge is 0.159 e. The molecule has 1 aromatic rings. The van der Waals surface area contributed by atoms with E-state index in [1.165, 1.54) is 6.07 Å². The van der Waals surface area contributed by atoms with Gasteiger partial charge < -0.3 is 9.84 Å². The molecule has 0 amide bonds. The molecule has 2 rings (SSSR count). The Bertz CT molecular complexity index is 376. The quantitative estimate of drug-likeness (QED) is 0.883. The number of ether oxygens (including phenoxy) is 1. The van der Waals surface area contributed by atoms with Gasteiger partial charge in [-0.1, -0.05) is 6.07 Å². The lowest BCUT2D eigenvalue weighted by Crippen LogP contribution is -2.21. The van der Waals surface area contributed by atoms with E-state index in [4.69, 9.17) is 4.74 Å². The van der Waals surface area contributed by atoms with Gasteiger partial charge in [0.05, 0.1) is 12.2 Å². The van der Waals surface area contributed by atoms with E-state index in [9.17, 15) is 13.9 Å². The minimum atomic E-state index is -0.925. The van der Waals surface area contributed by atoms with Gasteiger partial charge in [0.25, 0.3) is 0 Å². The molecule has 0 bridgehead atoms. The maximum atomic E-state index is 13.0. The summed E-state index contributed by atoms with van der Waals surface area (Å²) in [5, 5.41) is 9.92. The van der Waals surface area contributed by atoms with Crippen LogP contribution in [0.5, 0.6) is 0 Å². The first-order valence-corrected chi connectivity index (χ1v) is 5.91. The summed E-state index contributed by atoms with van der Waals surface area (Å²) in [4.78, 5) is 0. The fourth-order valence-electron chi connectivity index (χ4n) is 2.10. The normalized spacial score (nSPS) is 22.4. The second-order valence-electron chi connectivity index (χ2n) is 4.41. The van der Waals surface area contributed by atoms with Gasteiger partial charge in [0.15, 0.2) is 11.6 Å². The van der Waals surface area contributed by atoms with Gasteiger partial charge in [0, 0.05) is 13.0 Å². The molecule has 1 fully saturated rings. The number of rotatable bonds is 3. The van der Waals surface area contributed by atoms with Crippen molar-refractivity contribution in [2.45, 2.75) is 37.9 Å². The van der Waals surface area contributed by atoms with Crippen LogP contribution in [-0.4, -0.2) is 17.8 Å². The molecule has 1 heterocycles. The van der Waals surface area contributed by atoms with Crippen molar-refractivity contribution < 1.29 is 18.6 Å². The van der Waals surface area contributed by atoms with Crippen molar-refractivity contribution in [1.82, 2.24) is 0 Å². The molecule has 4 heteroatoms. The molecule has 0 aromatic heterocycles. The third kappa shape index (κ3) is 3.23. The minimum Gasteiger partial charge on any atom is -0.388 e. The van der Waals surface area contributed by atoms with Crippen LogP contribution in [-0.2, 0) is 4.74 Å². The van der Waals surface area contributed by atoms with Crippen LogP contribution < -0.4 is 0 Å². The fraction of sp³-hybridized carbons (Fsp3) is 0.538. The van der Waals surface area contributed by atoms with Crippen molar-refractivity contribution in [1.29, 1.82) is 0 Å². The number of hydrogen-bond donors (Lipinski definition) is 1. The Hall–Kier alpha value is -1.00. The van der Waals surface area contributed by atoms with Crippen molar-refractivity contribution in [2.75, 3.05) is 6.61 Å². The van der Waals surface area contributed by atoms with E-state index < -0.39 is 17.7 Å². The van der Waals surface area contributed by atoms with Crippen molar-refractivity contribution in [3.63, 3.8) is 0 Å². The average molecular weight is 242 g/mol. The highest BCUT2D eigenvalue weighted by Crippen LogP contribution is 2.25. The number of aliphatic hydroxyl groups excluding tert-OH is 1. The lowest BCUT2D eigenvalue weighted by Gasteiger charge is -2.24. The second kappa shape index (κ2) is 5.56. The number of halogens is 2. The Labute approximate surface area is 99.2 Å². The first kappa shape index (κ1) is 12.5. The number of aliphatic hydroxyl groups is 1. The molecule has 0 spiro atoms. The molecule has 2 unspecified atom stereocenters. The molecule has 1 aliphatic rings. The molecular formula is C13H16F2O2. The van der Waals surface area contributed by atoms with Gasteiger partial charge in [-0.05, 0) is 37.0 Å². The van der Waals surface area contributed by atoms with Gasteiger partial charge in [0.1, 0.15) is 0 Å². The van der Waals surface area contributed by atoms with E-state index in [0.717, 1.165) is 38.0 Å². The van der Waals surface area contributed by atoms with Gasteiger partial charge in [-0.2, -0.15) is 0 Å². The lowest BCUT2D eigenvalue weighted by molar-refractivity contribution is -0.0156. The summed E-state index contributed by atoms with van der Waals surface area (Å²) < 4.78 is 31.2. The number of hydrogen-bond acceptors (Lipinski definition) is 2. The molecule has 0 radical (unpaired) electrons. The first-order chi connectivity index (χ1) is 8.16. The van der Waals surface area contributed by atoms with Gasteiger partial charge >= 0.3 is 0 Å². The van der Waals surface area contributed by atoms with Crippen molar-refractivity contribution >= 4 is 0 Å². The van der Waals surface area contributed by atoms with E-state index in [2.05, 4.69) is 0 Å². The third-order valence-corrected chi connectivity index (χ3v) is 3.09. The second-order valence-corrected chi connectivity index (χ2v) is 4.41. The molecule has 17 heavy (non-hydrogen) atoms. The molecule has 0 saturated carbocycles. The Morgan fingerprint density at radius 2 is 2.12 bits per heavy atom. The third-order valence-electron chi connectivity index (χ3n) is 3.09. The standard InChI is InChI=1S/C13H16F2O2/c14-11-5-4-9(7-12(11)15)13(16)8-10-3-1-2-6-17-10/h4-5,7,10,13,16H,1-3,6,8H2. The fourth-order valence-corrected chi connectivity index (χ4v) is 2.10. The van der Waals surface area contributed by atoms with Gasteiger partial charge in [0.2, 0.25) is 0 Å². The zero-order valence-electron chi connectivity index (χ0n) is 9.53. The van der Waals surface area contributed by atoms with E-state index in [0.29, 0.717) is 12.0 Å². The Kier molecular flexibility index (Phi) is 4.07. The van der Waals surface area contributed by atoms with Crippen LogP contribution in [0, 0.1) is 11.6 Å². The summed E-state index contributed by atoms with van der Waals surface area (Å²) in [6.45, 7) is 0.717. The predicted molar refractivity (Wildman–Crippen MR) is 59.5 cm³/mol. The zero-order chi connectivity index (χ0) is 12.3. The molecule has 2 atom stereocenters. The average Bonchev–Trinajstić information content (AvgIpc) is 2.34. The SMILES string of the molecule is OC(CC1CCCCO1)c1ccc(F)c(F)c1. The summed E-state index contributed by atoms with van der Waals surface area (Å²) in [7, 11) is 0. The Balaban J connectivity index is 1.98. The van der Waals surface area contributed by atoms with Crippen molar-refractivity contribution in [3.05, 3.63) is 35.4 Å². The summed E-state index contributed by atoms with van der Waals surface area (Å²) in [5.74, 6) is -1.82. The van der Waals surface area contributed by atoms with E-state index in [1.54, 1.807) is 0 Å². The van der Waals surface area contributed by atoms with E-state index in [1.807, 2.05) is 0 Å². The monoisotopic (exact) mass is 242 g/mol. The van der Waals surface area contributed by atoms with E-state index in [-0.39, 0.29) is 6.10 Å². The molecular weight excluding hydrogens is 226 g/mol. The largest absolute Gasteiger partial charge is 0.388 e. The summed E-state index contributed by atoms with van der Waals surface area (Å²) in [6.07, 6.45) is 2.72. The molecule has 1 N–H and O–H groups in total. The summed E-state index contributed by atoms with van der Waals surface area (Å²) >= 11 is 0. The van der Waals surface area contributed by atoms with Crippen LogP contribution in [0.15, 0.2) is 18.2 Å². The van der Waals surface area contributed by atoms with Crippen LogP contribution in [0.25, 0.3) is 0 Å². The molecule has 1 aliphatic heterocycles. The maximum Gasteiger partial charge on any atom is 0.159 e. The van der Waals surface area contributed by atoms with Gasteiger partial charge in [-0.15, -0.1) is 0 Å². The molecule has 1 aromatic carbocycles. The highest BCUT2D eigenvalue weighted by Gasteiger charge is 2.19. The number of benzene rings is 1. The molecule has 0 aliphatic carbocycles. The molecule has 1 saturated heterocycles. The van der Waals surface area contributed by atoms with E-state index >= 15 is 0 Å². The topological polar surface area (TPSA) is 29.5 Å². The van der Waals surface area contributed by atoms with Crippen LogP contribution in [0.3, 0.4) is 0 Å². The Morgan fingerprint density at radius 3 is 2.76 bits per heavy atom. The summed E-state index contributed by atoms with van der Waals surface area (Å²) in [6, 6.07) is 3.49. The first-order valence-electron chi connectivity index (χ1n) is 5.91. The van der Waals surface area contributed by atoms with Gasteiger partial charge in [-0.3, -0.25) is 0 Å². The summed E-state index contributed by atoms with van der Waals surface area (Å²) in [5.41, 5.74) is 0.401. The van der Waals surface area contributed by atoms with Crippen molar-refractivity contribution in [2.24, 2.45) is 0 Å². The predicted octanol–water partition coefficient (Wildman–Crippen LogP) is 2.96. The zero-order valence-corrected chi connectivity index (χ0v) is 9.53. The lowest BCUT2D eigenvalue weighted by atomic mass is 9.99. The van der Waals surface area contributed by atoms with Gasteiger partial charge in [-0.25, -0.2) is 8.78 Å². The van der Waals surface area contributed by atoms with Crippen molar-refractivity contribution in [3.8, 4) is 0 Å². The molecule has 94 valence electrons. The maximum absolute atomic E-state index is 13.0. The van der Waals surface area contributed by atoms with Crippen LogP contribution in [0.1, 0.15) is 37.4 Å². The Morgan fingerprint density at radius 1 is 1.29 bits per heavy atom. The van der Waals surface area contributed by atoms with Crippen LogP contribution in [0.2, 0.25) is 0 Å². The highest BCUT2D eigenvalue weighted by molar-refractivity contribution is 5.20. The minimum absolute atomic E-state index is 0.0202. The molecule has 2 nitrogen and oxygen atoms in total. The highest BCUT2D eigenvalue weighted by atomic mass is 19.2. The van der Waals surface area contributed by atoms with Crippen LogP contribution in [0.4, 0.5) is 8.78 Å².